The van der Waals surface area contributed by atoms with Crippen molar-refractivity contribution in [2.45, 2.75) is 39.0 Å². The van der Waals surface area contributed by atoms with Crippen molar-refractivity contribution in [3.05, 3.63) is 41.5 Å². The average molecular weight is 287 g/mol. The lowest BCUT2D eigenvalue weighted by molar-refractivity contribution is 0.0987. The van der Waals surface area contributed by atoms with Gasteiger partial charge in [-0.3, -0.25) is 4.79 Å². The summed E-state index contributed by atoms with van der Waals surface area (Å²) in [5, 5.41) is 3.25. The van der Waals surface area contributed by atoms with Gasteiger partial charge < -0.3 is 10.1 Å². The van der Waals surface area contributed by atoms with Crippen molar-refractivity contribution in [2.24, 2.45) is 0 Å². The molecule has 1 aromatic carbocycles. The summed E-state index contributed by atoms with van der Waals surface area (Å²) in [7, 11) is 0. The van der Waals surface area contributed by atoms with Gasteiger partial charge in [0.2, 0.25) is 0 Å². The molecule has 0 atom stereocenters. The minimum atomic E-state index is 0.0941. The van der Waals surface area contributed by atoms with E-state index in [1.165, 1.54) is 31.3 Å². The van der Waals surface area contributed by atoms with Gasteiger partial charge in [0.25, 0.3) is 0 Å². The zero-order valence-corrected chi connectivity index (χ0v) is 12.9. The molecule has 2 rings (SSSR count). The van der Waals surface area contributed by atoms with Crippen LogP contribution in [0.4, 0.5) is 0 Å². The summed E-state index contributed by atoms with van der Waals surface area (Å²) in [6.45, 7) is 3.75. The zero-order valence-electron chi connectivity index (χ0n) is 12.9. The van der Waals surface area contributed by atoms with Gasteiger partial charge in [0.05, 0.1) is 18.7 Å². The lowest BCUT2D eigenvalue weighted by Crippen LogP contribution is -2.24. The molecular weight excluding hydrogens is 262 g/mol. The quantitative estimate of drug-likeness (QED) is 0.449. The number of ether oxygens (including phenoxy) is 1. The van der Waals surface area contributed by atoms with E-state index >= 15 is 0 Å². The molecule has 1 aliphatic rings. The molecule has 3 nitrogen and oxygen atoms in total. The summed E-state index contributed by atoms with van der Waals surface area (Å²) >= 11 is 0. The maximum absolute atomic E-state index is 12.2. The van der Waals surface area contributed by atoms with E-state index < -0.39 is 0 Å². The van der Waals surface area contributed by atoms with Gasteiger partial charge in [0, 0.05) is 0 Å². The van der Waals surface area contributed by atoms with Gasteiger partial charge in [-0.25, -0.2) is 0 Å². The highest BCUT2D eigenvalue weighted by Gasteiger charge is 2.11. The van der Waals surface area contributed by atoms with Gasteiger partial charge in [0.1, 0.15) is 5.75 Å². The number of allylic oxidation sites excluding steroid dienone is 1. The Balaban J connectivity index is 1.78. The molecule has 3 heteroatoms. The molecule has 0 unspecified atom stereocenters. The van der Waals surface area contributed by atoms with Gasteiger partial charge >= 0.3 is 0 Å². The van der Waals surface area contributed by atoms with Crippen LogP contribution >= 0.6 is 0 Å². The van der Waals surface area contributed by atoms with Gasteiger partial charge in [-0.1, -0.05) is 23.8 Å². The fraction of sp³-hybridized carbons (Fsp3) is 0.500. The van der Waals surface area contributed by atoms with E-state index in [0.29, 0.717) is 24.5 Å². The monoisotopic (exact) mass is 287 g/mol. The number of carbonyl (C=O) groups excluding carboxylic acids is 1. The van der Waals surface area contributed by atoms with Crippen molar-refractivity contribution < 1.29 is 9.53 Å². The Kier molecular flexibility index (Phi) is 6.48. The van der Waals surface area contributed by atoms with Crippen LogP contribution in [0.1, 0.15) is 49.4 Å². The third-order valence-electron chi connectivity index (χ3n) is 3.78. The molecule has 21 heavy (non-hydrogen) atoms. The summed E-state index contributed by atoms with van der Waals surface area (Å²) in [6, 6.07) is 7.45. The molecule has 0 aromatic heterocycles. The first-order valence-corrected chi connectivity index (χ1v) is 7.95. The lowest BCUT2D eigenvalue weighted by atomic mass is 9.97. The third-order valence-corrected chi connectivity index (χ3v) is 3.78. The van der Waals surface area contributed by atoms with Crippen LogP contribution in [0, 0.1) is 0 Å². The Labute approximate surface area is 127 Å². The molecule has 114 valence electrons. The van der Waals surface area contributed by atoms with E-state index in [4.69, 9.17) is 4.74 Å². The third kappa shape index (κ3) is 5.01. The van der Waals surface area contributed by atoms with Crippen molar-refractivity contribution in [3.63, 3.8) is 0 Å². The highest BCUT2D eigenvalue weighted by atomic mass is 16.5. The molecule has 0 saturated carbocycles. The summed E-state index contributed by atoms with van der Waals surface area (Å²) in [5.41, 5.74) is 2.21. The molecule has 0 heterocycles. The molecule has 0 spiro atoms. The number of benzene rings is 1. The second kappa shape index (κ2) is 8.63. The smallest absolute Gasteiger partial charge is 0.180 e. The SMILES string of the molecule is CCOc1ccccc1C(=O)CNCCC1=CCCCC1. The van der Waals surface area contributed by atoms with Crippen LogP contribution in [0.3, 0.4) is 0 Å². The minimum Gasteiger partial charge on any atom is -0.493 e. The van der Waals surface area contributed by atoms with E-state index in [9.17, 15) is 4.79 Å². The Morgan fingerprint density at radius 2 is 2.14 bits per heavy atom. The second-order valence-electron chi connectivity index (χ2n) is 5.39. The standard InChI is InChI=1S/C18H25NO2/c1-2-21-18-11-7-6-10-16(18)17(20)14-19-13-12-15-8-4-3-5-9-15/h6-8,10-11,19H,2-5,9,12-14H2,1H3. The summed E-state index contributed by atoms with van der Waals surface area (Å²) in [5.74, 6) is 0.776. The first-order chi connectivity index (χ1) is 10.3. The Morgan fingerprint density at radius 3 is 2.90 bits per heavy atom. The van der Waals surface area contributed by atoms with Crippen LogP contribution in [0.25, 0.3) is 0 Å². The predicted octanol–water partition coefficient (Wildman–Crippen LogP) is 3.75. The highest BCUT2D eigenvalue weighted by molar-refractivity contribution is 6.00. The minimum absolute atomic E-state index is 0.0941. The molecule has 0 amide bonds. The number of Topliss-reactive ketones (excluding diaryl/α,β-unsaturated/α-hetero) is 1. The van der Waals surface area contributed by atoms with Crippen LogP contribution in [0.15, 0.2) is 35.9 Å². The Morgan fingerprint density at radius 1 is 1.29 bits per heavy atom. The number of hydrogen-bond donors (Lipinski definition) is 1. The van der Waals surface area contributed by atoms with E-state index in [2.05, 4.69) is 11.4 Å². The number of ketones is 1. The molecule has 0 radical (unpaired) electrons. The molecule has 1 aromatic rings. The first kappa shape index (κ1) is 15.8. The lowest BCUT2D eigenvalue weighted by Gasteiger charge is -2.13. The van der Waals surface area contributed by atoms with E-state index in [0.717, 1.165) is 13.0 Å². The van der Waals surface area contributed by atoms with E-state index in [1.54, 1.807) is 0 Å². The van der Waals surface area contributed by atoms with Crippen LogP contribution < -0.4 is 10.1 Å². The Bertz CT molecular complexity index is 494. The maximum atomic E-state index is 12.2. The van der Waals surface area contributed by atoms with Crippen molar-refractivity contribution in [2.75, 3.05) is 19.7 Å². The summed E-state index contributed by atoms with van der Waals surface area (Å²) < 4.78 is 5.50. The second-order valence-corrected chi connectivity index (χ2v) is 5.39. The molecule has 0 fully saturated rings. The highest BCUT2D eigenvalue weighted by Crippen LogP contribution is 2.20. The van der Waals surface area contributed by atoms with Gasteiger partial charge in [0.15, 0.2) is 5.78 Å². The van der Waals surface area contributed by atoms with Crippen LogP contribution in [-0.2, 0) is 0 Å². The number of carbonyl (C=O) groups is 1. The maximum Gasteiger partial charge on any atom is 0.180 e. The fourth-order valence-electron chi connectivity index (χ4n) is 2.66. The average Bonchev–Trinajstić information content (AvgIpc) is 2.53. The van der Waals surface area contributed by atoms with E-state index in [1.807, 2.05) is 31.2 Å². The topological polar surface area (TPSA) is 38.3 Å². The zero-order chi connectivity index (χ0) is 14.9. The number of rotatable bonds is 8. The fourth-order valence-corrected chi connectivity index (χ4v) is 2.66. The van der Waals surface area contributed by atoms with Crippen LogP contribution in [0.5, 0.6) is 5.75 Å². The molecule has 0 saturated heterocycles. The van der Waals surface area contributed by atoms with Crippen molar-refractivity contribution in [1.29, 1.82) is 0 Å². The van der Waals surface area contributed by atoms with Crippen molar-refractivity contribution in [1.82, 2.24) is 5.32 Å². The molecular formula is C18H25NO2. The summed E-state index contributed by atoms with van der Waals surface area (Å²) in [4.78, 5) is 12.2. The van der Waals surface area contributed by atoms with Gasteiger partial charge in [-0.15, -0.1) is 0 Å². The van der Waals surface area contributed by atoms with Crippen LogP contribution in [0.2, 0.25) is 0 Å². The van der Waals surface area contributed by atoms with Crippen LogP contribution in [-0.4, -0.2) is 25.5 Å². The number of para-hydroxylation sites is 1. The molecule has 0 bridgehead atoms. The van der Waals surface area contributed by atoms with Gasteiger partial charge in [-0.05, 0) is 57.7 Å². The molecule has 1 aliphatic carbocycles. The predicted molar refractivity (Wildman–Crippen MR) is 86.0 cm³/mol. The number of nitrogens with one attached hydrogen (secondary N) is 1. The van der Waals surface area contributed by atoms with Gasteiger partial charge in [-0.2, -0.15) is 0 Å². The molecule has 1 N–H and O–H groups in total. The van der Waals surface area contributed by atoms with Crippen molar-refractivity contribution >= 4 is 5.78 Å². The normalized spacial score (nSPS) is 14.6. The first-order valence-electron chi connectivity index (χ1n) is 7.95. The van der Waals surface area contributed by atoms with E-state index in [-0.39, 0.29) is 5.78 Å². The van der Waals surface area contributed by atoms with Crippen molar-refractivity contribution in [3.8, 4) is 5.75 Å². The largest absolute Gasteiger partial charge is 0.493 e. The Hall–Kier alpha value is -1.61. The number of hydrogen-bond acceptors (Lipinski definition) is 3. The molecule has 0 aliphatic heterocycles. The summed E-state index contributed by atoms with van der Waals surface area (Å²) in [6.07, 6.45) is 8.49.